The number of likely N-dealkylation sites (tertiary alicyclic amines) is 1. The van der Waals surface area contributed by atoms with E-state index in [1.54, 1.807) is 51.1 Å². The second kappa shape index (κ2) is 45.6. The van der Waals surface area contributed by atoms with E-state index in [1.807, 2.05) is 267 Å². The summed E-state index contributed by atoms with van der Waals surface area (Å²) in [5.41, 5.74) is 13.2. The zero-order valence-electron chi connectivity index (χ0n) is 70.3. The van der Waals surface area contributed by atoms with Crippen molar-refractivity contribution in [1.29, 1.82) is 0 Å². The number of rotatable bonds is 31. The number of benzene rings is 10. The minimum atomic E-state index is -1.09. The van der Waals surface area contributed by atoms with Gasteiger partial charge in [0.1, 0.15) is 103 Å². The highest BCUT2D eigenvalue weighted by atomic mass is 32.2. The van der Waals surface area contributed by atoms with Crippen molar-refractivity contribution in [3.05, 3.63) is 390 Å². The lowest BCUT2D eigenvalue weighted by molar-refractivity contribution is -0.141. The molecule has 15 aromatic rings. The molecule has 1 saturated heterocycles. The summed E-state index contributed by atoms with van der Waals surface area (Å²) >= 11 is 1.53. The number of amides is 2. The SMILES string of the molecule is CSCC[C@H](NC(=O)c1cc(COc2ccc(-c3ccccc3)cc2)c(C)o1)C(=O)O.Cc1cc(COc2ccc(-c3ccccc3)cc2)c(C(=O)O)o1.Cc1oc(C(=O)O)cc1COc1ccc(-c2ccccc2)cc1.O=C(O)C1CCCN1C(=O)c1ccc(COc2ccc(-c3ccccc3)cc2)o1.O=C(O)c1ccc(COc2ccc(-c3ccccc3)cc2)o1. The molecule has 2 amide bonds. The van der Waals surface area contributed by atoms with Crippen molar-refractivity contribution in [1.82, 2.24) is 10.2 Å². The Morgan fingerprint density at radius 1 is 0.375 bits per heavy atom. The van der Waals surface area contributed by atoms with Crippen LogP contribution in [0, 0.1) is 20.8 Å². The van der Waals surface area contributed by atoms with E-state index in [4.69, 9.17) is 61.1 Å². The maximum absolute atomic E-state index is 12.5. The quantitative estimate of drug-likeness (QED) is 0.0235. The Labute approximate surface area is 742 Å². The second-order valence-corrected chi connectivity index (χ2v) is 30.1. The van der Waals surface area contributed by atoms with Crippen LogP contribution in [0.4, 0.5) is 0 Å². The van der Waals surface area contributed by atoms with Crippen LogP contribution in [0.3, 0.4) is 0 Å². The third-order valence-electron chi connectivity index (χ3n) is 20.1. The fourth-order valence-corrected chi connectivity index (χ4v) is 13.8. The average Bonchev–Trinajstić information content (AvgIpc) is 1.68. The molecule has 1 aliphatic rings. The number of thioether (sulfide) groups is 1. The molecule has 1 aliphatic heterocycles. The number of carbonyl (C=O) groups is 7. The number of aromatic carboxylic acids is 3. The zero-order valence-corrected chi connectivity index (χ0v) is 71.1. The van der Waals surface area contributed by atoms with Crippen molar-refractivity contribution >= 4 is 53.4 Å². The topological polar surface area (TPSA) is 348 Å². The number of carboxylic acid groups (broad SMARTS) is 5. The van der Waals surface area contributed by atoms with Gasteiger partial charge in [-0.15, -0.1) is 0 Å². The van der Waals surface area contributed by atoms with Crippen LogP contribution in [0.15, 0.2) is 338 Å². The number of hydrogen-bond donors (Lipinski definition) is 6. The number of aliphatic carboxylic acids is 2. The van der Waals surface area contributed by atoms with Crippen LogP contribution in [0.2, 0.25) is 0 Å². The molecule has 16 rings (SSSR count). The summed E-state index contributed by atoms with van der Waals surface area (Å²) in [6, 6.07) is 98.4. The number of ether oxygens (including phenoxy) is 5. The lowest BCUT2D eigenvalue weighted by Gasteiger charge is -2.19. The molecule has 5 aromatic heterocycles. The number of furan rings is 5. The van der Waals surface area contributed by atoms with Gasteiger partial charge in [0.05, 0.1) is 0 Å². The molecular formula is C103H92N2O22S. The van der Waals surface area contributed by atoms with E-state index in [-0.39, 0.29) is 61.8 Å². The van der Waals surface area contributed by atoms with Crippen LogP contribution < -0.4 is 29.0 Å². The molecule has 128 heavy (non-hydrogen) atoms. The molecule has 10 aromatic carbocycles. The van der Waals surface area contributed by atoms with Gasteiger partial charge >= 0.3 is 29.8 Å². The third-order valence-corrected chi connectivity index (χ3v) is 20.8. The highest BCUT2D eigenvalue weighted by Gasteiger charge is 2.36. The number of nitrogens with zero attached hydrogens (tertiary/aromatic N) is 1. The Morgan fingerprint density at radius 2 is 0.711 bits per heavy atom. The van der Waals surface area contributed by atoms with Crippen LogP contribution in [-0.2, 0) is 42.6 Å². The van der Waals surface area contributed by atoms with Gasteiger partial charge in [0.2, 0.25) is 17.3 Å². The van der Waals surface area contributed by atoms with Gasteiger partial charge in [0.15, 0.2) is 11.5 Å². The van der Waals surface area contributed by atoms with Crippen molar-refractivity contribution < 1.29 is 105 Å². The molecule has 0 aliphatic carbocycles. The first kappa shape index (κ1) is 91.4. The molecule has 24 nitrogen and oxygen atoms in total. The molecular weight excluding hydrogens is 1650 g/mol. The summed E-state index contributed by atoms with van der Waals surface area (Å²) in [6.45, 7) is 6.65. The Hall–Kier alpha value is -15.8. The van der Waals surface area contributed by atoms with E-state index in [2.05, 4.69) is 17.4 Å². The number of carbonyl (C=O) groups excluding carboxylic acids is 2. The lowest BCUT2D eigenvalue weighted by Crippen LogP contribution is -2.41. The van der Waals surface area contributed by atoms with Gasteiger partial charge < -0.3 is 81.5 Å². The van der Waals surface area contributed by atoms with Crippen molar-refractivity contribution in [2.75, 3.05) is 18.6 Å². The van der Waals surface area contributed by atoms with Crippen LogP contribution in [0.5, 0.6) is 28.7 Å². The molecule has 0 saturated carbocycles. The van der Waals surface area contributed by atoms with Gasteiger partial charge in [0.25, 0.3) is 11.8 Å². The fourth-order valence-electron chi connectivity index (χ4n) is 13.3. The van der Waals surface area contributed by atoms with Crippen LogP contribution in [0.1, 0.15) is 118 Å². The van der Waals surface area contributed by atoms with E-state index in [0.717, 1.165) is 72.5 Å². The Morgan fingerprint density at radius 3 is 1.05 bits per heavy atom. The maximum atomic E-state index is 12.5. The molecule has 6 heterocycles. The summed E-state index contributed by atoms with van der Waals surface area (Å²) in [7, 11) is 0. The largest absolute Gasteiger partial charge is 0.489 e. The monoisotopic (exact) mass is 1740 g/mol. The molecule has 0 radical (unpaired) electrons. The van der Waals surface area contributed by atoms with Crippen LogP contribution >= 0.6 is 11.8 Å². The number of aryl methyl sites for hydroxylation is 3. The van der Waals surface area contributed by atoms with Gasteiger partial charge in [0, 0.05) is 23.2 Å². The molecule has 652 valence electrons. The standard InChI is InChI=1S/C24H25NO5S.C23H21NO5.2C19H16O4.C18H14O4/c1-16-19(14-22(30-16)23(26)25-21(24(27)28)12-13-31-2)15-29-20-10-8-18(9-11-20)17-6-4-3-5-7-17;25-22(24-14-4-7-20(24)23(26)27)21-13-12-19(29-21)15-28-18-10-8-17(9-11-18)16-5-2-1-3-6-16;1-13-16(11-18(23-13)19(20)21)12-22-17-9-7-15(8-10-17)14-5-3-2-4-6-14;1-13-11-16(18(23-13)19(20)21)12-22-17-9-7-15(8-10-17)14-5-3-2-4-6-14;19-18(20)17-11-10-16(22-17)12-21-15-8-6-14(7-9-15)13-4-2-1-3-5-13/h3-11,14,21H,12-13,15H2,1-2H3,(H,25,26)(H,27,28);1-3,5-6,8-13,20H,4,7,14-15H2,(H,26,27);2*2-11H,12H2,1H3,(H,20,21);1-11H,12H2,(H,19,20)/t21-;;;;/m0..../s1. The molecule has 1 fully saturated rings. The first-order chi connectivity index (χ1) is 62.1. The number of nitrogens with one attached hydrogen (secondary N) is 1. The van der Waals surface area contributed by atoms with Crippen molar-refractivity contribution in [3.8, 4) is 84.4 Å². The Bertz CT molecular complexity index is 6110. The minimum absolute atomic E-state index is 0.0663. The molecule has 0 spiro atoms. The molecule has 0 bridgehead atoms. The van der Waals surface area contributed by atoms with E-state index in [0.29, 0.717) is 88.9 Å². The highest BCUT2D eigenvalue weighted by Crippen LogP contribution is 2.31. The van der Waals surface area contributed by atoms with Gasteiger partial charge in [-0.25, -0.2) is 24.0 Å². The van der Waals surface area contributed by atoms with Gasteiger partial charge in [-0.2, -0.15) is 11.8 Å². The molecule has 2 atom stereocenters. The first-order valence-corrected chi connectivity index (χ1v) is 42.1. The summed E-state index contributed by atoms with van der Waals surface area (Å²) < 4.78 is 55.1. The van der Waals surface area contributed by atoms with E-state index in [1.165, 1.54) is 28.8 Å². The Balaban J connectivity index is 0.000000146. The smallest absolute Gasteiger partial charge is 0.372 e. The summed E-state index contributed by atoms with van der Waals surface area (Å²) in [4.78, 5) is 81.7. The van der Waals surface area contributed by atoms with E-state index >= 15 is 0 Å². The molecule has 6 N–H and O–H groups in total. The van der Waals surface area contributed by atoms with E-state index < -0.39 is 53.7 Å². The molecule has 25 heteroatoms. The zero-order chi connectivity index (χ0) is 90.3. The van der Waals surface area contributed by atoms with Crippen LogP contribution in [-0.4, -0.2) is 103 Å². The minimum Gasteiger partial charge on any atom is -0.489 e. The van der Waals surface area contributed by atoms with Gasteiger partial charge in [-0.1, -0.05) is 212 Å². The van der Waals surface area contributed by atoms with E-state index in [9.17, 15) is 43.8 Å². The average molecular weight is 1740 g/mol. The number of carboxylic acids is 5. The maximum Gasteiger partial charge on any atom is 0.372 e. The summed E-state index contributed by atoms with van der Waals surface area (Å²) in [5.74, 6) is 0.550. The normalized spacial score (nSPS) is 12.0. The Kier molecular flexibility index (Phi) is 32.6. The summed E-state index contributed by atoms with van der Waals surface area (Å²) in [5, 5.41) is 47.8. The fraction of sp³-hybridized carbons (Fsp3) is 0.155. The molecule has 1 unspecified atom stereocenters. The van der Waals surface area contributed by atoms with Crippen molar-refractivity contribution in [2.24, 2.45) is 0 Å². The van der Waals surface area contributed by atoms with Crippen molar-refractivity contribution in [2.45, 2.75) is 85.2 Å². The summed E-state index contributed by atoms with van der Waals surface area (Å²) in [6.07, 6.45) is 3.38. The predicted molar refractivity (Wildman–Crippen MR) is 483 cm³/mol. The predicted octanol–water partition coefficient (Wildman–Crippen LogP) is 22.3. The third kappa shape index (κ3) is 26.4. The van der Waals surface area contributed by atoms with Gasteiger partial charge in [-0.3, -0.25) is 9.59 Å². The second-order valence-electron chi connectivity index (χ2n) is 29.1. The number of hydrogen-bond acceptors (Lipinski definition) is 18. The van der Waals surface area contributed by atoms with Crippen molar-refractivity contribution in [3.63, 3.8) is 0 Å². The van der Waals surface area contributed by atoms with Gasteiger partial charge in [-0.05, 0) is 211 Å². The highest BCUT2D eigenvalue weighted by molar-refractivity contribution is 7.98. The first-order valence-electron chi connectivity index (χ1n) is 40.7. The lowest BCUT2D eigenvalue weighted by atomic mass is 10.1. The van der Waals surface area contributed by atoms with Crippen LogP contribution in [0.25, 0.3) is 55.6 Å².